The zero-order chi connectivity index (χ0) is 17.7. The Morgan fingerprint density at radius 1 is 0.833 bits per heavy atom. The van der Waals surface area contributed by atoms with E-state index in [0.717, 1.165) is 22.1 Å². The van der Waals surface area contributed by atoms with E-state index < -0.39 is 0 Å². The van der Waals surface area contributed by atoms with E-state index in [1.54, 1.807) is 0 Å². The standard InChI is InChI=1S/C22H27NO/c1-21(2,3)15-12-16-18(14-10-8-7-9-11-14)20(23)24-19(16)17(13-15)22(4,5)6/h7-13H,23H2,1-6H3. The second-order valence-corrected chi connectivity index (χ2v) is 8.61. The number of anilines is 1. The van der Waals surface area contributed by atoms with Crippen LogP contribution < -0.4 is 5.73 Å². The van der Waals surface area contributed by atoms with Crippen molar-refractivity contribution in [1.82, 2.24) is 0 Å². The molecular formula is C22H27NO. The smallest absolute Gasteiger partial charge is 0.199 e. The van der Waals surface area contributed by atoms with Gasteiger partial charge in [-0.05, 0) is 28.0 Å². The number of hydrogen-bond donors (Lipinski definition) is 1. The fourth-order valence-corrected chi connectivity index (χ4v) is 3.11. The van der Waals surface area contributed by atoms with Crippen molar-refractivity contribution in [2.75, 3.05) is 5.73 Å². The summed E-state index contributed by atoms with van der Waals surface area (Å²) in [5, 5.41) is 1.11. The Bertz CT molecular complexity index is 874. The number of hydrogen-bond acceptors (Lipinski definition) is 2. The molecule has 0 bridgehead atoms. The number of fused-ring (bicyclic) bond motifs is 1. The zero-order valence-electron chi connectivity index (χ0n) is 15.5. The molecule has 2 nitrogen and oxygen atoms in total. The molecule has 0 aliphatic heterocycles. The van der Waals surface area contributed by atoms with Gasteiger partial charge in [-0.3, -0.25) is 0 Å². The molecule has 3 rings (SSSR count). The Morgan fingerprint density at radius 3 is 2.00 bits per heavy atom. The molecule has 0 saturated heterocycles. The van der Waals surface area contributed by atoms with Crippen molar-refractivity contribution in [2.45, 2.75) is 52.4 Å². The Balaban J connectivity index is 2.42. The van der Waals surface area contributed by atoms with E-state index in [-0.39, 0.29) is 10.8 Å². The predicted molar refractivity (Wildman–Crippen MR) is 103 cm³/mol. The monoisotopic (exact) mass is 321 g/mol. The molecule has 0 radical (unpaired) electrons. The summed E-state index contributed by atoms with van der Waals surface area (Å²) in [4.78, 5) is 0. The largest absolute Gasteiger partial charge is 0.440 e. The normalized spacial score (nSPS) is 12.8. The van der Waals surface area contributed by atoms with Crippen molar-refractivity contribution in [2.24, 2.45) is 0 Å². The van der Waals surface area contributed by atoms with Crippen molar-refractivity contribution in [3.63, 3.8) is 0 Å². The molecule has 2 N–H and O–H groups in total. The van der Waals surface area contributed by atoms with E-state index in [1.165, 1.54) is 11.1 Å². The van der Waals surface area contributed by atoms with E-state index >= 15 is 0 Å². The molecule has 0 unspecified atom stereocenters. The number of rotatable bonds is 1. The van der Waals surface area contributed by atoms with Gasteiger partial charge in [0.15, 0.2) is 5.88 Å². The van der Waals surface area contributed by atoms with Crippen molar-refractivity contribution in [3.05, 3.63) is 53.6 Å². The molecule has 1 aromatic heterocycles. The van der Waals surface area contributed by atoms with Gasteiger partial charge < -0.3 is 10.2 Å². The van der Waals surface area contributed by atoms with Gasteiger partial charge in [-0.15, -0.1) is 0 Å². The van der Waals surface area contributed by atoms with Gasteiger partial charge >= 0.3 is 0 Å². The van der Waals surface area contributed by atoms with Gasteiger partial charge in [0.25, 0.3) is 0 Å². The molecule has 0 aliphatic rings. The molecule has 3 aromatic rings. The lowest BCUT2D eigenvalue weighted by Gasteiger charge is -2.25. The summed E-state index contributed by atoms with van der Waals surface area (Å²) in [6.07, 6.45) is 0. The van der Waals surface area contributed by atoms with Crippen LogP contribution in [0.1, 0.15) is 52.7 Å². The van der Waals surface area contributed by atoms with Gasteiger partial charge in [0.2, 0.25) is 0 Å². The van der Waals surface area contributed by atoms with E-state index in [0.29, 0.717) is 5.88 Å². The first-order valence-electron chi connectivity index (χ1n) is 8.51. The van der Waals surface area contributed by atoms with E-state index in [9.17, 15) is 0 Å². The molecular weight excluding hydrogens is 294 g/mol. The molecule has 0 spiro atoms. The minimum atomic E-state index is -0.0161. The maximum absolute atomic E-state index is 6.29. The molecule has 0 atom stereocenters. The van der Waals surface area contributed by atoms with Gasteiger partial charge in [0, 0.05) is 10.9 Å². The second-order valence-electron chi connectivity index (χ2n) is 8.61. The number of furan rings is 1. The Morgan fingerprint density at radius 2 is 1.46 bits per heavy atom. The van der Waals surface area contributed by atoms with E-state index in [2.05, 4.69) is 65.8 Å². The quantitative estimate of drug-likeness (QED) is 0.573. The first-order chi connectivity index (χ1) is 11.1. The molecule has 0 amide bonds. The molecule has 0 fully saturated rings. The molecule has 126 valence electrons. The minimum absolute atomic E-state index is 0.0161. The molecule has 24 heavy (non-hydrogen) atoms. The topological polar surface area (TPSA) is 39.2 Å². The summed E-state index contributed by atoms with van der Waals surface area (Å²) in [6, 6.07) is 14.8. The van der Waals surface area contributed by atoms with Gasteiger partial charge in [-0.1, -0.05) is 77.9 Å². The number of nitrogens with two attached hydrogens (primary N) is 1. The van der Waals surface area contributed by atoms with Crippen LogP contribution in [0.5, 0.6) is 0 Å². The van der Waals surface area contributed by atoms with Crippen LogP contribution in [0.25, 0.3) is 22.1 Å². The number of nitrogen functional groups attached to an aromatic ring is 1. The maximum Gasteiger partial charge on any atom is 0.199 e. The van der Waals surface area contributed by atoms with Gasteiger partial charge in [0.1, 0.15) is 5.58 Å². The fourth-order valence-electron chi connectivity index (χ4n) is 3.11. The van der Waals surface area contributed by atoms with Crippen LogP contribution in [0.2, 0.25) is 0 Å². The first kappa shape index (κ1) is 16.6. The fraction of sp³-hybridized carbons (Fsp3) is 0.364. The summed E-state index contributed by atoms with van der Waals surface area (Å²) in [5.74, 6) is 0.493. The summed E-state index contributed by atoms with van der Waals surface area (Å²) in [7, 11) is 0. The van der Waals surface area contributed by atoms with Crippen molar-refractivity contribution >= 4 is 16.9 Å². The lowest BCUT2D eigenvalue weighted by molar-refractivity contribution is 0.555. The Labute approximate surface area is 144 Å². The van der Waals surface area contributed by atoms with Crippen molar-refractivity contribution in [3.8, 4) is 11.1 Å². The summed E-state index contributed by atoms with van der Waals surface area (Å²) >= 11 is 0. The number of benzene rings is 2. The van der Waals surface area contributed by atoms with Crippen LogP contribution >= 0.6 is 0 Å². The highest BCUT2D eigenvalue weighted by Crippen LogP contribution is 2.43. The van der Waals surface area contributed by atoms with E-state index in [4.69, 9.17) is 10.2 Å². The van der Waals surface area contributed by atoms with Gasteiger partial charge in [-0.25, -0.2) is 0 Å². The highest BCUT2D eigenvalue weighted by Gasteiger charge is 2.26. The van der Waals surface area contributed by atoms with E-state index in [1.807, 2.05) is 18.2 Å². The maximum atomic E-state index is 6.29. The molecule has 0 saturated carbocycles. The second kappa shape index (κ2) is 5.41. The molecule has 2 heteroatoms. The van der Waals surface area contributed by atoms with Crippen LogP contribution in [0, 0.1) is 0 Å². The predicted octanol–water partition coefficient (Wildman–Crippen LogP) is 6.28. The highest BCUT2D eigenvalue weighted by molar-refractivity contribution is 6.01. The minimum Gasteiger partial charge on any atom is -0.440 e. The van der Waals surface area contributed by atoms with Gasteiger partial charge in [-0.2, -0.15) is 0 Å². The average Bonchev–Trinajstić information content (AvgIpc) is 2.80. The van der Waals surface area contributed by atoms with Crippen LogP contribution in [-0.2, 0) is 10.8 Å². The lowest BCUT2D eigenvalue weighted by atomic mass is 9.79. The molecule has 2 aromatic carbocycles. The van der Waals surface area contributed by atoms with Crippen molar-refractivity contribution < 1.29 is 4.42 Å². The summed E-state index contributed by atoms with van der Waals surface area (Å²) in [5.41, 5.74) is 11.9. The van der Waals surface area contributed by atoms with Crippen molar-refractivity contribution in [1.29, 1.82) is 0 Å². The van der Waals surface area contributed by atoms with Crippen LogP contribution in [0.15, 0.2) is 46.9 Å². The van der Waals surface area contributed by atoms with Crippen LogP contribution in [0.3, 0.4) is 0 Å². The highest BCUT2D eigenvalue weighted by atomic mass is 16.3. The summed E-state index contributed by atoms with van der Waals surface area (Å²) in [6.45, 7) is 13.4. The Hall–Kier alpha value is -2.22. The third kappa shape index (κ3) is 2.82. The van der Waals surface area contributed by atoms with Crippen LogP contribution in [-0.4, -0.2) is 0 Å². The van der Waals surface area contributed by atoms with Gasteiger partial charge in [0.05, 0.1) is 5.56 Å². The lowest BCUT2D eigenvalue weighted by Crippen LogP contribution is -2.16. The third-order valence-corrected chi connectivity index (χ3v) is 4.55. The average molecular weight is 321 g/mol. The van der Waals surface area contributed by atoms with Crippen LogP contribution in [0.4, 0.5) is 5.88 Å². The summed E-state index contributed by atoms with van der Waals surface area (Å²) < 4.78 is 6.06. The first-order valence-corrected chi connectivity index (χ1v) is 8.51. The molecule has 0 aliphatic carbocycles. The zero-order valence-corrected chi connectivity index (χ0v) is 15.5. The molecule has 1 heterocycles. The Kier molecular flexibility index (Phi) is 3.75. The SMILES string of the molecule is CC(C)(C)c1cc(C(C)(C)C)c2oc(N)c(-c3ccccc3)c2c1. The third-order valence-electron chi connectivity index (χ3n) is 4.55.